The fraction of sp³-hybridized carbons (Fsp3) is 0.444. The Morgan fingerprint density at radius 3 is 2.70 bits per heavy atom. The summed E-state index contributed by atoms with van der Waals surface area (Å²) in [5.41, 5.74) is 2.23. The zero-order chi connectivity index (χ0) is 19.9. The minimum atomic E-state index is -3.20. The molecule has 0 amide bonds. The fourth-order valence-corrected chi connectivity index (χ4v) is 4.21. The van der Waals surface area contributed by atoms with Gasteiger partial charge in [-0.05, 0) is 36.6 Å². The van der Waals surface area contributed by atoms with Crippen LogP contribution < -0.4 is 10.6 Å². The van der Waals surface area contributed by atoms with Gasteiger partial charge in [0.2, 0.25) is 0 Å². The summed E-state index contributed by atoms with van der Waals surface area (Å²) in [5, 5.41) is 9.46. The molecule has 1 aromatic heterocycles. The molecule has 0 atom stereocenters. The maximum atomic E-state index is 13.6. The molecule has 0 bridgehead atoms. The highest BCUT2D eigenvalue weighted by Gasteiger charge is 2.11. The number of hydrogen-bond acceptors (Lipinski definition) is 5. The normalized spacial score (nSPS) is 12.2. The van der Waals surface area contributed by atoms with Crippen LogP contribution in [0.25, 0.3) is 0 Å². The summed E-state index contributed by atoms with van der Waals surface area (Å²) < 4.78 is 36.7. The quantitative estimate of drug-likeness (QED) is 0.395. The minimum Gasteiger partial charge on any atom is -0.356 e. The lowest BCUT2D eigenvalue weighted by atomic mass is 10.1. The number of aromatic nitrogens is 1. The molecule has 2 rings (SSSR count). The zero-order valence-corrected chi connectivity index (χ0v) is 17.4. The van der Waals surface area contributed by atoms with Crippen LogP contribution in [0, 0.1) is 12.7 Å². The van der Waals surface area contributed by atoms with Crippen molar-refractivity contribution in [2.75, 3.05) is 19.8 Å². The van der Waals surface area contributed by atoms with Gasteiger partial charge in [0.1, 0.15) is 5.82 Å². The van der Waals surface area contributed by atoms with Crippen molar-refractivity contribution in [3.63, 3.8) is 0 Å². The summed E-state index contributed by atoms with van der Waals surface area (Å²) in [6.07, 6.45) is 2.97. The number of rotatable bonds is 8. The number of halogens is 1. The largest absolute Gasteiger partial charge is 0.356 e. The summed E-state index contributed by atoms with van der Waals surface area (Å²) in [4.78, 5) is 8.58. The Morgan fingerprint density at radius 1 is 1.30 bits per heavy atom. The lowest BCUT2D eigenvalue weighted by Gasteiger charge is -2.14. The van der Waals surface area contributed by atoms with Crippen LogP contribution in [0.3, 0.4) is 0 Å². The average Bonchev–Trinajstić information content (AvgIpc) is 3.00. The van der Waals surface area contributed by atoms with Gasteiger partial charge in [0.25, 0.3) is 0 Å². The standard InChI is InChI=1S/C18H25FN4O2S2/c1-13-11-26-17(23-13)5-4-8-21-18(20-2)22-10-15-9-16(19)7-6-14(15)12-27(3,24)25/h6-7,9,11H,4-5,8,10,12H2,1-3H3,(H2,20,21,22). The molecule has 0 saturated heterocycles. The Morgan fingerprint density at radius 2 is 2.07 bits per heavy atom. The topological polar surface area (TPSA) is 83.4 Å². The SMILES string of the molecule is CN=C(NCCCc1nc(C)cs1)NCc1cc(F)ccc1CS(C)(=O)=O. The number of aryl methyl sites for hydroxylation is 2. The Labute approximate surface area is 163 Å². The van der Waals surface area contributed by atoms with E-state index in [4.69, 9.17) is 0 Å². The molecule has 0 radical (unpaired) electrons. The molecular formula is C18H25FN4O2S2. The number of nitrogens with zero attached hydrogens (tertiary/aromatic N) is 2. The van der Waals surface area contributed by atoms with Crippen molar-refractivity contribution in [2.24, 2.45) is 4.99 Å². The molecule has 2 aromatic rings. The number of benzene rings is 1. The van der Waals surface area contributed by atoms with Gasteiger partial charge in [0.05, 0.1) is 10.8 Å². The summed E-state index contributed by atoms with van der Waals surface area (Å²) in [5.74, 6) is 0.0643. The molecule has 0 aliphatic heterocycles. The molecule has 1 heterocycles. The molecule has 27 heavy (non-hydrogen) atoms. The van der Waals surface area contributed by atoms with Gasteiger partial charge >= 0.3 is 0 Å². The van der Waals surface area contributed by atoms with E-state index in [1.807, 2.05) is 12.3 Å². The van der Waals surface area contributed by atoms with Crippen molar-refractivity contribution >= 4 is 27.1 Å². The van der Waals surface area contributed by atoms with Crippen molar-refractivity contribution < 1.29 is 12.8 Å². The number of guanidine groups is 1. The van der Waals surface area contributed by atoms with E-state index >= 15 is 0 Å². The molecule has 0 unspecified atom stereocenters. The monoisotopic (exact) mass is 412 g/mol. The lowest BCUT2D eigenvalue weighted by molar-refractivity contribution is 0.599. The van der Waals surface area contributed by atoms with Gasteiger partial charge in [-0.3, -0.25) is 4.99 Å². The van der Waals surface area contributed by atoms with E-state index in [2.05, 4.69) is 20.6 Å². The first kappa shape index (κ1) is 21.3. The van der Waals surface area contributed by atoms with E-state index in [9.17, 15) is 12.8 Å². The zero-order valence-electron chi connectivity index (χ0n) is 15.8. The smallest absolute Gasteiger partial charge is 0.191 e. The van der Waals surface area contributed by atoms with E-state index in [1.165, 1.54) is 18.2 Å². The number of aliphatic imine (C=N–C) groups is 1. The van der Waals surface area contributed by atoms with Gasteiger partial charge < -0.3 is 10.6 Å². The summed E-state index contributed by atoms with van der Waals surface area (Å²) in [7, 11) is -1.54. The van der Waals surface area contributed by atoms with Crippen LogP contribution in [0.15, 0.2) is 28.6 Å². The first-order valence-corrected chi connectivity index (χ1v) is 11.5. The average molecular weight is 413 g/mol. The lowest BCUT2D eigenvalue weighted by Crippen LogP contribution is -2.37. The van der Waals surface area contributed by atoms with E-state index in [-0.39, 0.29) is 12.3 Å². The molecule has 0 saturated carbocycles. The highest BCUT2D eigenvalue weighted by molar-refractivity contribution is 7.89. The van der Waals surface area contributed by atoms with Crippen LogP contribution in [-0.4, -0.2) is 39.2 Å². The number of nitrogens with one attached hydrogen (secondary N) is 2. The Kier molecular flexibility index (Phi) is 7.73. The molecule has 0 aliphatic carbocycles. The number of thiazole rings is 1. The molecule has 6 nitrogen and oxygen atoms in total. The Bertz CT molecular complexity index is 895. The molecule has 0 fully saturated rings. The maximum Gasteiger partial charge on any atom is 0.191 e. The van der Waals surface area contributed by atoms with Crippen molar-refractivity contribution in [3.8, 4) is 0 Å². The van der Waals surface area contributed by atoms with Crippen LogP contribution in [0.5, 0.6) is 0 Å². The molecule has 0 spiro atoms. The van der Waals surface area contributed by atoms with Gasteiger partial charge in [-0.1, -0.05) is 6.07 Å². The summed E-state index contributed by atoms with van der Waals surface area (Å²) in [6.45, 7) is 2.99. The van der Waals surface area contributed by atoms with E-state index in [1.54, 1.807) is 18.4 Å². The second kappa shape index (κ2) is 9.80. The van der Waals surface area contributed by atoms with E-state index in [0.717, 1.165) is 36.3 Å². The molecule has 9 heteroatoms. The van der Waals surface area contributed by atoms with Gasteiger partial charge in [-0.25, -0.2) is 17.8 Å². The molecule has 0 aliphatic rings. The first-order valence-electron chi connectivity index (χ1n) is 8.57. The molecule has 2 N–H and O–H groups in total. The molecule has 148 valence electrons. The van der Waals surface area contributed by atoms with Gasteiger partial charge in [0, 0.05) is 43.9 Å². The van der Waals surface area contributed by atoms with Gasteiger partial charge in [0.15, 0.2) is 15.8 Å². The van der Waals surface area contributed by atoms with Gasteiger partial charge in [-0.2, -0.15) is 0 Å². The van der Waals surface area contributed by atoms with Crippen molar-refractivity contribution in [1.82, 2.24) is 15.6 Å². The van der Waals surface area contributed by atoms with Crippen LogP contribution in [0.1, 0.15) is 28.2 Å². The minimum absolute atomic E-state index is 0.121. The van der Waals surface area contributed by atoms with Crippen LogP contribution in [0.2, 0.25) is 0 Å². The van der Waals surface area contributed by atoms with Crippen LogP contribution >= 0.6 is 11.3 Å². The van der Waals surface area contributed by atoms with Crippen molar-refractivity contribution in [1.29, 1.82) is 0 Å². The predicted molar refractivity (Wildman–Crippen MR) is 108 cm³/mol. The third kappa shape index (κ3) is 7.64. The second-order valence-corrected chi connectivity index (χ2v) is 9.40. The predicted octanol–water partition coefficient (Wildman–Crippen LogP) is 2.43. The third-order valence-electron chi connectivity index (χ3n) is 3.78. The highest BCUT2D eigenvalue weighted by Crippen LogP contribution is 2.14. The highest BCUT2D eigenvalue weighted by atomic mass is 32.2. The third-order valence-corrected chi connectivity index (χ3v) is 5.64. The summed E-state index contributed by atoms with van der Waals surface area (Å²) in [6, 6.07) is 4.14. The van der Waals surface area contributed by atoms with Crippen LogP contribution in [0.4, 0.5) is 4.39 Å². The van der Waals surface area contributed by atoms with Gasteiger partial charge in [-0.15, -0.1) is 11.3 Å². The Balaban J connectivity index is 1.87. The van der Waals surface area contributed by atoms with Crippen molar-refractivity contribution in [2.45, 2.75) is 32.1 Å². The fourth-order valence-electron chi connectivity index (χ4n) is 2.55. The first-order chi connectivity index (χ1) is 12.8. The summed E-state index contributed by atoms with van der Waals surface area (Å²) >= 11 is 1.66. The van der Waals surface area contributed by atoms with E-state index in [0.29, 0.717) is 17.1 Å². The van der Waals surface area contributed by atoms with Crippen LogP contribution in [-0.2, 0) is 28.6 Å². The second-order valence-electron chi connectivity index (χ2n) is 6.32. The van der Waals surface area contributed by atoms with E-state index < -0.39 is 15.7 Å². The Hall–Kier alpha value is -2.00. The number of sulfone groups is 1. The molecule has 1 aromatic carbocycles. The number of hydrogen-bond donors (Lipinski definition) is 2. The van der Waals surface area contributed by atoms with Crippen molar-refractivity contribution in [3.05, 3.63) is 51.2 Å². The maximum absolute atomic E-state index is 13.6. The molecular weight excluding hydrogens is 387 g/mol.